The maximum atomic E-state index is 11.8. The van der Waals surface area contributed by atoms with Gasteiger partial charge in [-0.05, 0) is 55.4 Å². The van der Waals surface area contributed by atoms with Gasteiger partial charge >= 0.3 is 0 Å². The Kier molecular flexibility index (Phi) is 9.61. The van der Waals surface area contributed by atoms with Crippen LogP contribution in [0.4, 0.5) is 0 Å². The van der Waals surface area contributed by atoms with Crippen molar-refractivity contribution in [1.29, 1.82) is 0 Å². The average Bonchev–Trinajstić information content (AvgIpc) is 3.36. The molecule has 1 aliphatic heterocycles. The molecule has 1 fully saturated rings. The molecule has 7 nitrogen and oxygen atoms in total. The largest absolute Gasteiger partial charge is 0.357 e. The molecule has 1 saturated heterocycles. The molecule has 0 spiro atoms. The number of carbonyl (C=O) groups excluding carboxylic acids is 1. The van der Waals surface area contributed by atoms with Crippen LogP contribution in [0.15, 0.2) is 41.7 Å². The van der Waals surface area contributed by atoms with Crippen LogP contribution >= 0.6 is 24.0 Å². The lowest BCUT2D eigenvalue weighted by atomic mass is 10.0. The van der Waals surface area contributed by atoms with Gasteiger partial charge in [-0.2, -0.15) is 5.10 Å². The Labute approximate surface area is 196 Å². The highest BCUT2D eigenvalue weighted by Gasteiger charge is 2.25. The fourth-order valence-electron chi connectivity index (χ4n) is 3.83. The van der Waals surface area contributed by atoms with Crippen molar-refractivity contribution in [2.45, 2.75) is 26.2 Å². The maximum Gasteiger partial charge on any atom is 0.251 e. The SMILES string of the molecule is CCNC(=NCCc1cccc(C(=O)NC)c1)N1CCC(Cc2cnn(C)c2)C1.I. The first-order chi connectivity index (χ1) is 14.1. The molecule has 2 aromatic rings. The zero-order valence-electron chi connectivity index (χ0n) is 18.1. The van der Waals surface area contributed by atoms with Crippen molar-refractivity contribution in [2.75, 3.05) is 33.2 Å². The van der Waals surface area contributed by atoms with Gasteiger partial charge in [0, 0.05) is 52.0 Å². The number of hydrogen-bond donors (Lipinski definition) is 2. The number of nitrogens with zero attached hydrogens (tertiary/aromatic N) is 4. The summed E-state index contributed by atoms with van der Waals surface area (Å²) in [5.41, 5.74) is 3.12. The van der Waals surface area contributed by atoms with Gasteiger partial charge in [-0.25, -0.2) is 0 Å². The van der Waals surface area contributed by atoms with Crippen molar-refractivity contribution in [3.8, 4) is 0 Å². The summed E-state index contributed by atoms with van der Waals surface area (Å²) in [5.74, 6) is 1.57. The predicted octanol–water partition coefficient (Wildman–Crippen LogP) is 2.47. The monoisotopic (exact) mass is 524 g/mol. The number of halogens is 1. The molecule has 0 aliphatic carbocycles. The van der Waals surface area contributed by atoms with Crippen molar-refractivity contribution < 1.29 is 4.79 Å². The Morgan fingerprint density at radius 1 is 1.33 bits per heavy atom. The molecule has 1 amide bonds. The van der Waals surface area contributed by atoms with Crippen molar-refractivity contribution in [3.05, 3.63) is 53.3 Å². The van der Waals surface area contributed by atoms with Gasteiger partial charge in [0.1, 0.15) is 0 Å². The lowest BCUT2D eigenvalue weighted by Gasteiger charge is -2.21. The van der Waals surface area contributed by atoms with Gasteiger partial charge < -0.3 is 15.5 Å². The summed E-state index contributed by atoms with van der Waals surface area (Å²) in [7, 11) is 3.62. The Morgan fingerprint density at radius 2 is 2.17 bits per heavy atom. The first-order valence-electron chi connectivity index (χ1n) is 10.4. The third kappa shape index (κ3) is 6.72. The molecular weight excluding hydrogens is 491 g/mol. The lowest BCUT2D eigenvalue weighted by Crippen LogP contribution is -2.40. The highest BCUT2D eigenvalue weighted by Crippen LogP contribution is 2.20. The van der Waals surface area contributed by atoms with E-state index in [1.54, 1.807) is 7.05 Å². The molecule has 1 atom stereocenters. The average molecular weight is 524 g/mol. The zero-order chi connectivity index (χ0) is 20.6. The maximum absolute atomic E-state index is 11.8. The van der Waals surface area contributed by atoms with E-state index in [0.717, 1.165) is 44.0 Å². The summed E-state index contributed by atoms with van der Waals surface area (Å²) in [6.07, 6.45) is 7.12. The minimum atomic E-state index is -0.0552. The highest BCUT2D eigenvalue weighted by atomic mass is 127. The van der Waals surface area contributed by atoms with Crippen LogP contribution in [0.25, 0.3) is 0 Å². The van der Waals surface area contributed by atoms with E-state index in [0.29, 0.717) is 18.0 Å². The number of amides is 1. The van der Waals surface area contributed by atoms with E-state index in [9.17, 15) is 4.79 Å². The van der Waals surface area contributed by atoms with Crippen LogP contribution < -0.4 is 10.6 Å². The molecule has 30 heavy (non-hydrogen) atoms. The number of guanidine groups is 1. The minimum absolute atomic E-state index is 0. The summed E-state index contributed by atoms with van der Waals surface area (Å²) in [4.78, 5) is 19.0. The number of rotatable bonds is 7. The molecule has 8 heteroatoms. The van der Waals surface area contributed by atoms with Crippen LogP contribution in [0.2, 0.25) is 0 Å². The van der Waals surface area contributed by atoms with Crippen LogP contribution in [-0.4, -0.2) is 59.8 Å². The van der Waals surface area contributed by atoms with E-state index < -0.39 is 0 Å². The highest BCUT2D eigenvalue weighted by molar-refractivity contribution is 14.0. The molecule has 164 valence electrons. The van der Waals surface area contributed by atoms with E-state index >= 15 is 0 Å². The Bertz CT molecular complexity index is 850. The van der Waals surface area contributed by atoms with Crippen LogP contribution in [0.3, 0.4) is 0 Å². The van der Waals surface area contributed by atoms with Gasteiger partial charge in [0.05, 0.1) is 6.20 Å². The van der Waals surface area contributed by atoms with Crippen LogP contribution in [0.5, 0.6) is 0 Å². The van der Waals surface area contributed by atoms with E-state index in [-0.39, 0.29) is 29.9 Å². The molecule has 2 N–H and O–H groups in total. The predicted molar refractivity (Wildman–Crippen MR) is 132 cm³/mol. The van der Waals surface area contributed by atoms with Gasteiger partial charge in [0.25, 0.3) is 5.91 Å². The van der Waals surface area contributed by atoms with Crippen LogP contribution in [0, 0.1) is 5.92 Å². The minimum Gasteiger partial charge on any atom is -0.357 e. The number of likely N-dealkylation sites (tertiary alicyclic amines) is 1. The standard InChI is InChI=1S/C22H32N6O.HI/c1-4-24-22(25-10-8-17-6-5-7-20(13-17)21(29)23-2)28-11-9-18(16-28)12-19-14-26-27(3)15-19;/h5-7,13-15,18H,4,8-12,16H2,1-3H3,(H,23,29)(H,24,25);1H. The third-order valence-electron chi connectivity index (χ3n) is 5.28. The Hall–Kier alpha value is -2.10. The second-order valence-corrected chi connectivity index (χ2v) is 7.59. The van der Waals surface area contributed by atoms with E-state index in [1.165, 1.54) is 12.0 Å². The fourth-order valence-corrected chi connectivity index (χ4v) is 3.83. The second kappa shape index (κ2) is 11.9. The summed E-state index contributed by atoms with van der Waals surface area (Å²) >= 11 is 0. The Morgan fingerprint density at radius 3 is 2.87 bits per heavy atom. The molecule has 1 aromatic carbocycles. The molecule has 1 unspecified atom stereocenters. The van der Waals surface area contributed by atoms with E-state index in [2.05, 4.69) is 39.8 Å². The van der Waals surface area contributed by atoms with E-state index in [4.69, 9.17) is 4.99 Å². The van der Waals surface area contributed by atoms with Crippen molar-refractivity contribution in [1.82, 2.24) is 25.3 Å². The van der Waals surface area contributed by atoms with Crippen molar-refractivity contribution >= 4 is 35.8 Å². The molecular formula is C22H33IN6O. The number of aliphatic imine (C=N–C) groups is 1. The molecule has 2 heterocycles. The lowest BCUT2D eigenvalue weighted by molar-refractivity contribution is 0.0963. The number of nitrogens with one attached hydrogen (secondary N) is 2. The van der Waals surface area contributed by atoms with E-state index in [1.807, 2.05) is 36.1 Å². The van der Waals surface area contributed by atoms with Crippen molar-refractivity contribution in [2.24, 2.45) is 18.0 Å². The molecule has 0 saturated carbocycles. The fraction of sp³-hybridized carbons (Fsp3) is 0.500. The first kappa shape index (κ1) is 24.2. The number of benzene rings is 1. The van der Waals surface area contributed by atoms with Crippen LogP contribution in [0.1, 0.15) is 34.8 Å². The smallest absolute Gasteiger partial charge is 0.251 e. The molecule has 0 radical (unpaired) electrons. The summed E-state index contributed by atoms with van der Waals surface area (Å²) in [6, 6.07) is 7.76. The first-order valence-corrected chi connectivity index (χ1v) is 10.4. The number of aryl methyl sites for hydroxylation is 1. The number of carbonyl (C=O) groups is 1. The molecule has 3 rings (SSSR count). The quantitative estimate of drug-likeness (QED) is 0.332. The van der Waals surface area contributed by atoms with Gasteiger partial charge in [-0.3, -0.25) is 14.5 Å². The summed E-state index contributed by atoms with van der Waals surface area (Å²) in [5, 5.41) is 10.4. The zero-order valence-corrected chi connectivity index (χ0v) is 20.4. The van der Waals surface area contributed by atoms with Gasteiger partial charge in [0.15, 0.2) is 5.96 Å². The normalized spacial score (nSPS) is 16.3. The molecule has 1 aliphatic rings. The number of hydrogen-bond acceptors (Lipinski definition) is 3. The van der Waals surface area contributed by atoms with Gasteiger partial charge in [-0.1, -0.05) is 12.1 Å². The summed E-state index contributed by atoms with van der Waals surface area (Å²) in [6.45, 7) is 5.71. The van der Waals surface area contributed by atoms with Crippen LogP contribution in [-0.2, 0) is 19.9 Å². The van der Waals surface area contributed by atoms with Crippen molar-refractivity contribution in [3.63, 3.8) is 0 Å². The van der Waals surface area contributed by atoms with Gasteiger partial charge in [0.2, 0.25) is 0 Å². The topological polar surface area (TPSA) is 74.6 Å². The summed E-state index contributed by atoms with van der Waals surface area (Å²) < 4.78 is 1.87. The molecule has 1 aromatic heterocycles. The second-order valence-electron chi connectivity index (χ2n) is 7.59. The Balaban J connectivity index is 0.00000320. The van der Waals surface area contributed by atoms with Gasteiger partial charge in [-0.15, -0.1) is 24.0 Å². The third-order valence-corrected chi connectivity index (χ3v) is 5.28. The molecule has 0 bridgehead atoms. The number of aromatic nitrogens is 2.